The molecule has 0 aliphatic carbocycles. The fraction of sp³-hybridized carbons (Fsp3) is 0.375. The van der Waals surface area contributed by atoms with Gasteiger partial charge in [-0.25, -0.2) is 4.98 Å². The van der Waals surface area contributed by atoms with Crippen LogP contribution in [0.5, 0.6) is 0 Å². The fourth-order valence-electron chi connectivity index (χ4n) is 1.91. The van der Waals surface area contributed by atoms with Crippen LogP contribution in [0, 0.1) is 0 Å². The van der Waals surface area contributed by atoms with E-state index in [1.165, 1.54) is 35.5 Å². The Morgan fingerprint density at radius 3 is 3.05 bits per heavy atom. The molecule has 1 aromatic carbocycles. The molecule has 1 aromatic heterocycles. The second-order valence-corrected chi connectivity index (χ2v) is 6.78. The van der Waals surface area contributed by atoms with Crippen molar-refractivity contribution >= 4 is 29.1 Å². The van der Waals surface area contributed by atoms with Crippen molar-refractivity contribution in [3.63, 3.8) is 0 Å². The van der Waals surface area contributed by atoms with Crippen molar-refractivity contribution in [1.82, 2.24) is 4.98 Å². The van der Waals surface area contributed by atoms with Crippen LogP contribution in [0.1, 0.15) is 31.0 Å². The topological polar surface area (TPSA) is 50.2 Å². The van der Waals surface area contributed by atoms with Crippen LogP contribution in [0.3, 0.4) is 0 Å². The SMILES string of the molecule is CCCCSCc1cccc(-c2nc(CC(=O)O)cs2)c1. The largest absolute Gasteiger partial charge is 0.481 e. The Morgan fingerprint density at radius 1 is 1.43 bits per heavy atom. The zero-order chi connectivity index (χ0) is 15.1. The molecule has 0 amide bonds. The molecule has 112 valence electrons. The van der Waals surface area contributed by atoms with E-state index in [1.807, 2.05) is 29.3 Å². The van der Waals surface area contributed by atoms with Crippen LogP contribution in [0.25, 0.3) is 10.6 Å². The predicted octanol–water partition coefficient (Wildman–Crippen LogP) is 4.47. The average Bonchev–Trinajstić information content (AvgIpc) is 2.92. The van der Waals surface area contributed by atoms with E-state index in [0.29, 0.717) is 5.69 Å². The third kappa shape index (κ3) is 5.17. The molecule has 1 heterocycles. The van der Waals surface area contributed by atoms with Crippen molar-refractivity contribution in [1.29, 1.82) is 0 Å². The number of rotatable bonds is 8. The molecule has 0 fully saturated rings. The third-order valence-corrected chi connectivity index (χ3v) is 5.02. The van der Waals surface area contributed by atoms with Gasteiger partial charge in [-0.2, -0.15) is 11.8 Å². The van der Waals surface area contributed by atoms with Crippen LogP contribution in [0.2, 0.25) is 0 Å². The molecular formula is C16H19NO2S2. The van der Waals surface area contributed by atoms with Crippen molar-refractivity contribution in [3.05, 3.63) is 40.9 Å². The van der Waals surface area contributed by atoms with E-state index in [-0.39, 0.29) is 6.42 Å². The summed E-state index contributed by atoms with van der Waals surface area (Å²) in [4.78, 5) is 15.1. The second-order valence-electron chi connectivity index (χ2n) is 4.82. The minimum atomic E-state index is -0.840. The first-order valence-corrected chi connectivity index (χ1v) is 9.05. The summed E-state index contributed by atoms with van der Waals surface area (Å²) in [6, 6.07) is 8.36. The summed E-state index contributed by atoms with van der Waals surface area (Å²) in [6.07, 6.45) is 2.48. The molecule has 2 aromatic rings. The maximum atomic E-state index is 10.7. The monoisotopic (exact) mass is 321 g/mol. The Labute approximate surface area is 133 Å². The van der Waals surface area contributed by atoms with Crippen molar-refractivity contribution in [2.24, 2.45) is 0 Å². The standard InChI is InChI=1S/C16H19NO2S2/c1-2-3-7-20-10-12-5-4-6-13(8-12)16-17-14(11-21-16)9-15(18)19/h4-6,8,11H,2-3,7,9-10H2,1H3,(H,18,19). The van der Waals surface area contributed by atoms with E-state index in [9.17, 15) is 4.79 Å². The molecule has 2 rings (SSSR count). The van der Waals surface area contributed by atoms with Gasteiger partial charge in [-0.3, -0.25) is 4.79 Å². The van der Waals surface area contributed by atoms with E-state index in [4.69, 9.17) is 5.11 Å². The summed E-state index contributed by atoms with van der Waals surface area (Å²) >= 11 is 3.46. The first-order valence-electron chi connectivity index (χ1n) is 7.02. The van der Waals surface area contributed by atoms with Crippen molar-refractivity contribution in [2.45, 2.75) is 31.9 Å². The first kappa shape index (κ1) is 16.0. The summed E-state index contributed by atoms with van der Waals surface area (Å²) in [6.45, 7) is 2.21. The van der Waals surface area contributed by atoms with Crippen molar-refractivity contribution < 1.29 is 9.90 Å². The van der Waals surface area contributed by atoms with Gasteiger partial charge in [-0.1, -0.05) is 31.5 Å². The van der Waals surface area contributed by atoms with Gasteiger partial charge in [-0.05, 0) is 23.8 Å². The van der Waals surface area contributed by atoms with Crippen LogP contribution in [-0.4, -0.2) is 21.8 Å². The van der Waals surface area contributed by atoms with Crippen LogP contribution in [0.15, 0.2) is 29.6 Å². The van der Waals surface area contributed by atoms with Crippen molar-refractivity contribution in [2.75, 3.05) is 5.75 Å². The number of hydrogen-bond acceptors (Lipinski definition) is 4. The zero-order valence-corrected chi connectivity index (χ0v) is 13.7. The number of carboxylic acid groups (broad SMARTS) is 1. The number of thioether (sulfide) groups is 1. The third-order valence-electron chi connectivity index (χ3n) is 2.97. The average molecular weight is 321 g/mol. The first-order chi connectivity index (χ1) is 10.2. The molecule has 0 spiro atoms. The van der Waals surface area contributed by atoms with Gasteiger partial charge in [0.2, 0.25) is 0 Å². The van der Waals surface area contributed by atoms with E-state index in [2.05, 4.69) is 24.0 Å². The number of nitrogens with zero attached hydrogens (tertiary/aromatic N) is 1. The number of aromatic nitrogens is 1. The van der Waals surface area contributed by atoms with Gasteiger partial charge >= 0.3 is 5.97 Å². The normalized spacial score (nSPS) is 10.7. The predicted molar refractivity (Wildman–Crippen MR) is 90.0 cm³/mol. The lowest BCUT2D eigenvalue weighted by molar-refractivity contribution is -0.136. The number of carboxylic acids is 1. The highest BCUT2D eigenvalue weighted by Crippen LogP contribution is 2.26. The maximum absolute atomic E-state index is 10.7. The quantitative estimate of drug-likeness (QED) is 0.729. The molecule has 0 radical (unpaired) electrons. The Hall–Kier alpha value is -1.33. The summed E-state index contributed by atoms with van der Waals surface area (Å²) in [7, 11) is 0. The highest BCUT2D eigenvalue weighted by Gasteiger charge is 2.08. The van der Waals surface area contributed by atoms with E-state index in [0.717, 1.165) is 16.3 Å². The molecule has 0 saturated carbocycles. The van der Waals surface area contributed by atoms with Gasteiger partial charge in [-0.15, -0.1) is 11.3 Å². The molecular weight excluding hydrogens is 302 g/mol. The molecule has 0 unspecified atom stereocenters. The van der Waals surface area contributed by atoms with E-state index >= 15 is 0 Å². The Balaban J connectivity index is 2.02. The molecule has 1 N–H and O–H groups in total. The summed E-state index contributed by atoms with van der Waals surface area (Å²) in [5, 5.41) is 11.5. The van der Waals surface area contributed by atoms with Gasteiger partial charge in [0.25, 0.3) is 0 Å². The molecule has 3 nitrogen and oxygen atoms in total. The molecule has 5 heteroatoms. The molecule has 0 aliphatic rings. The summed E-state index contributed by atoms with van der Waals surface area (Å²) in [5.41, 5.74) is 3.00. The Kier molecular flexibility index (Phi) is 6.26. The highest BCUT2D eigenvalue weighted by molar-refractivity contribution is 7.98. The van der Waals surface area contributed by atoms with Crippen LogP contribution in [-0.2, 0) is 17.0 Å². The van der Waals surface area contributed by atoms with E-state index < -0.39 is 5.97 Å². The number of benzene rings is 1. The molecule has 21 heavy (non-hydrogen) atoms. The number of carbonyl (C=O) groups is 1. The summed E-state index contributed by atoms with van der Waals surface area (Å²) < 4.78 is 0. The Morgan fingerprint density at radius 2 is 2.29 bits per heavy atom. The van der Waals surface area contributed by atoms with Crippen LogP contribution in [0.4, 0.5) is 0 Å². The Bertz CT molecular complexity index is 595. The molecule has 0 atom stereocenters. The van der Waals surface area contributed by atoms with Crippen molar-refractivity contribution in [3.8, 4) is 10.6 Å². The van der Waals surface area contributed by atoms with Gasteiger partial charge in [0.15, 0.2) is 0 Å². The smallest absolute Gasteiger partial charge is 0.309 e. The molecule has 0 saturated heterocycles. The number of unbranched alkanes of at least 4 members (excludes halogenated alkanes) is 1. The lowest BCUT2D eigenvalue weighted by atomic mass is 10.1. The minimum Gasteiger partial charge on any atom is -0.481 e. The van der Waals surface area contributed by atoms with Gasteiger partial charge in [0.05, 0.1) is 12.1 Å². The zero-order valence-electron chi connectivity index (χ0n) is 12.0. The van der Waals surface area contributed by atoms with Gasteiger partial charge < -0.3 is 5.11 Å². The molecule has 0 aliphatic heterocycles. The summed E-state index contributed by atoms with van der Waals surface area (Å²) in [5.74, 6) is 1.37. The van der Waals surface area contributed by atoms with Crippen LogP contribution >= 0.6 is 23.1 Å². The van der Waals surface area contributed by atoms with Crippen LogP contribution < -0.4 is 0 Å². The lowest BCUT2D eigenvalue weighted by Crippen LogP contribution is -1.99. The second kappa shape index (κ2) is 8.20. The highest BCUT2D eigenvalue weighted by atomic mass is 32.2. The number of hydrogen-bond donors (Lipinski definition) is 1. The van der Waals surface area contributed by atoms with E-state index in [1.54, 1.807) is 0 Å². The van der Waals surface area contributed by atoms with Gasteiger partial charge in [0.1, 0.15) is 5.01 Å². The van der Waals surface area contributed by atoms with Gasteiger partial charge in [0, 0.05) is 16.7 Å². The minimum absolute atomic E-state index is 0.0109. The molecule has 0 bridgehead atoms. The number of aliphatic carboxylic acids is 1. The lowest BCUT2D eigenvalue weighted by Gasteiger charge is -2.03. The maximum Gasteiger partial charge on any atom is 0.309 e. The number of thiazole rings is 1. The fourth-order valence-corrected chi connectivity index (χ4v) is 3.78.